The van der Waals surface area contributed by atoms with Gasteiger partial charge in [0.1, 0.15) is 15.8 Å². The van der Waals surface area contributed by atoms with Crippen LogP contribution in [0.1, 0.15) is 22.4 Å². The lowest BCUT2D eigenvalue weighted by Crippen LogP contribution is -1.95. The second kappa shape index (κ2) is 4.57. The summed E-state index contributed by atoms with van der Waals surface area (Å²) < 4.78 is 0. The van der Waals surface area contributed by atoms with Gasteiger partial charge in [-0.1, -0.05) is 30.3 Å². The Morgan fingerprint density at radius 2 is 1.90 bits per heavy atom. The number of nitrogens with two attached hydrogens (primary N) is 1. The smallest absolute Gasteiger partial charge is 0.130 e. The fraction of sp³-hybridized carbons (Fsp3) is 0.176. The molecule has 0 bridgehead atoms. The van der Waals surface area contributed by atoms with E-state index in [9.17, 15) is 5.26 Å². The summed E-state index contributed by atoms with van der Waals surface area (Å²) in [7, 11) is 0. The molecule has 1 aliphatic carbocycles. The van der Waals surface area contributed by atoms with Gasteiger partial charge in [-0.25, -0.2) is 4.98 Å². The molecule has 0 atom stereocenters. The van der Waals surface area contributed by atoms with E-state index >= 15 is 0 Å². The van der Waals surface area contributed by atoms with Crippen molar-refractivity contribution in [3.05, 3.63) is 46.3 Å². The van der Waals surface area contributed by atoms with Crippen molar-refractivity contribution < 1.29 is 0 Å². The van der Waals surface area contributed by atoms with Crippen LogP contribution in [0, 0.1) is 11.3 Å². The zero-order chi connectivity index (χ0) is 14.4. The van der Waals surface area contributed by atoms with Crippen molar-refractivity contribution in [3.63, 3.8) is 0 Å². The minimum atomic E-state index is 0.580. The van der Waals surface area contributed by atoms with Gasteiger partial charge in [0.25, 0.3) is 0 Å². The molecule has 3 aromatic rings. The Balaban J connectivity index is 2.09. The van der Waals surface area contributed by atoms with Crippen LogP contribution in [0.25, 0.3) is 21.5 Å². The lowest BCUT2D eigenvalue weighted by molar-refractivity contribution is 0.913. The average Bonchev–Trinajstić information content (AvgIpc) is 3.11. The van der Waals surface area contributed by atoms with Gasteiger partial charge < -0.3 is 5.73 Å². The molecule has 4 heteroatoms. The first-order valence-electron chi connectivity index (χ1n) is 6.99. The van der Waals surface area contributed by atoms with Gasteiger partial charge in [-0.15, -0.1) is 11.3 Å². The molecular formula is C17H13N3S. The number of hydrogen-bond acceptors (Lipinski definition) is 4. The molecule has 102 valence electrons. The van der Waals surface area contributed by atoms with Gasteiger partial charge in [-0.3, -0.25) is 0 Å². The molecule has 21 heavy (non-hydrogen) atoms. The third-order valence-electron chi connectivity index (χ3n) is 4.09. The number of nitrogens with zero attached hydrogens (tertiary/aromatic N) is 2. The number of aryl methyl sites for hydroxylation is 1. The molecule has 0 radical (unpaired) electrons. The quantitative estimate of drug-likeness (QED) is 0.739. The Morgan fingerprint density at radius 1 is 1.14 bits per heavy atom. The van der Waals surface area contributed by atoms with Crippen LogP contribution < -0.4 is 5.73 Å². The number of fused-ring (bicyclic) bond motifs is 3. The van der Waals surface area contributed by atoms with Gasteiger partial charge in [-0.05, 0) is 30.4 Å². The number of thiophene rings is 1. The van der Waals surface area contributed by atoms with Gasteiger partial charge in [-0.2, -0.15) is 5.26 Å². The lowest BCUT2D eigenvalue weighted by atomic mass is 10.0. The van der Waals surface area contributed by atoms with Crippen molar-refractivity contribution in [1.82, 2.24) is 4.98 Å². The number of pyridine rings is 1. The van der Waals surface area contributed by atoms with Gasteiger partial charge >= 0.3 is 0 Å². The Labute approximate surface area is 126 Å². The monoisotopic (exact) mass is 291 g/mol. The predicted molar refractivity (Wildman–Crippen MR) is 86.2 cm³/mol. The first-order valence-corrected chi connectivity index (χ1v) is 7.80. The molecule has 1 aliphatic rings. The Kier molecular flexibility index (Phi) is 2.69. The predicted octanol–water partition coefficient (Wildman–Crippen LogP) is 3.91. The summed E-state index contributed by atoms with van der Waals surface area (Å²) in [4.78, 5) is 6.31. The third kappa shape index (κ3) is 1.75. The van der Waals surface area contributed by atoms with Gasteiger partial charge in [0, 0.05) is 10.9 Å². The molecule has 4 rings (SSSR count). The highest BCUT2D eigenvalue weighted by atomic mass is 32.1. The van der Waals surface area contributed by atoms with Crippen LogP contribution in [-0.4, -0.2) is 4.98 Å². The second-order valence-electron chi connectivity index (χ2n) is 5.27. The molecule has 2 aromatic heterocycles. The van der Waals surface area contributed by atoms with Crippen molar-refractivity contribution in [2.45, 2.75) is 19.3 Å². The van der Waals surface area contributed by atoms with E-state index in [1.807, 2.05) is 18.2 Å². The number of rotatable bonds is 1. The van der Waals surface area contributed by atoms with E-state index in [-0.39, 0.29) is 0 Å². The molecule has 3 nitrogen and oxygen atoms in total. The molecule has 1 aromatic carbocycles. The molecule has 0 unspecified atom stereocenters. The van der Waals surface area contributed by atoms with Crippen molar-refractivity contribution in [1.29, 1.82) is 5.26 Å². The Hall–Kier alpha value is -2.38. The maximum atomic E-state index is 9.21. The maximum Gasteiger partial charge on any atom is 0.130 e. The summed E-state index contributed by atoms with van der Waals surface area (Å²) in [6.07, 6.45) is 3.20. The van der Waals surface area contributed by atoms with Crippen LogP contribution in [-0.2, 0) is 12.8 Å². The molecule has 0 amide bonds. The summed E-state index contributed by atoms with van der Waals surface area (Å²) >= 11 is 1.40. The van der Waals surface area contributed by atoms with E-state index in [0.29, 0.717) is 10.6 Å². The summed E-state index contributed by atoms with van der Waals surface area (Å²) in [6.45, 7) is 0. The summed E-state index contributed by atoms with van der Waals surface area (Å²) in [6, 6.07) is 12.5. The first kappa shape index (κ1) is 12.4. The normalized spacial score (nSPS) is 13.3. The zero-order valence-electron chi connectivity index (χ0n) is 11.4. The molecule has 0 saturated carbocycles. The van der Waals surface area contributed by atoms with Crippen LogP contribution >= 0.6 is 11.3 Å². The second-order valence-corrected chi connectivity index (χ2v) is 6.27. The molecule has 0 aliphatic heterocycles. The van der Waals surface area contributed by atoms with Gasteiger partial charge in [0.05, 0.1) is 11.4 Å². The highest BCUT2D eigenvalue weighted by Gasteiger charge is 2.24. The minimum Gasteiger partial charge on any atom is -0.396 e. The SMILES string of the molecule is N#Cc1sc2nc(-c3ccccc3)c3c(c2c1N)CCC3. The molecule has 0 fully saturated rings. The zero-order valence-corrected chi connectivity index (χ0v) is 12.2. The molecule has 2 N–H and O–H groups in total. The van der Waals surface area contributed by atoms with E-state index < -0.39 is 0 Å². The highest BCUT2D eigenvalue weighted by molar-refractivity contribution is 7.19. The van der Waals surface area contributed by atoms with Crippen molar-refractivity contribution in [2.75, 3.05) is 5.73 Å². The molecule has 2 heterocycles. The third-order valence-corrected chi connectivity index (χ3v) is 5.10. The fourth-order valence-corrected chi connectivity index (χ4v) is 4.09. The average molecular weight is 291 g/mol. The fourth-order valence-electron chi connectivity index (χ4n) is 3.17. The largest absolute Gasteiger partial charge is 0.396 e. The van der Waals surface area contributed by atoms with Crippen LogP contribution in [0.4, 0.5) is 5.69 Å². The number of nitriles is 1. The summed E-state index contributed by atoms with van der Waals surface area (Å²) in [5, 5.41) is 10.2. The highest BCUT2D eigenvalue weighted by Crippen LogP contribution is 2.42. The standard InChI is InChI=1S/C17H13N3S/c18-9-13-15(19)14-11-7-4-8-12(11)16(20-17(14)21-13)10-5-2-1-3-6-10/h1-3,5-6H,4,7-8,19H2. The Morgan fingerprint density at radius 3 is 2.67 bits per heavy atom. The maximum absolute atomic E-state index is 9.21. The number of anilines is 1. The van der Waals surface area contributed by atoms with Crippen LogP contribution in [0.15, 0.2) is 30.3 Å². The van der Waals surface area contributed by atoms with Crippen molar-refractivity contribution in [2.24, 2.45) is 0 Å². The number of benzene rings is 1. The topological polar surface area (TPSA) is 62.7 Å². The van der Waals surface area contributed by atoms with E-state index in [0.717, 1.165) is 40.7 Å². The number of hydrogen-bond donors (Lipinski definition) is 1. The van der Waals surface area contributed by atoms with Crippen molar-refractivity contribution >= 4 is 27.2 Å². The van der Waals surface area contributed by atoms with E-state index in [1.54, 1.807) is 0 Å². The molecular weight excluding hydrogens is 278 g/mol. The lowest BCUT2D eigenvalue weighted by Gasteiger charge is -2.09. The molecule has 0 spiro atoms. The number of nitrogen functional groups attached to an aromatic ring is 1. The molecule has 0 saturated heterocycles. The van der Waals surface area contributed by atoms with Crippen LogP contribution in [0.5, 0.6) is 0 Å². The van der Waals surface area contributed by atoms with E-state index in [2.05, 4.69) is 18.2 Å². The first-order chi connectivity index (χ1) is 10.3. The van der Waals surface area contributed by atoms with Gasteiger partial charge in [0.2, 0.25) is 0 Å². The summed E-state index contributed by atoms with van der Waals surface area (Å²) in [5.41, 5.74) is 11.6. The van der Waals surface area contributed by atoms with Gasteiger partial charge in [0.15, 0.2) is 0 Å². The van der Waals surface area contributed by atoms with Crippen molar-refractivity contribution in [3.8, 4) is 17.3 Å². The van der Waals surface area contributed by atoms with E-state index in [4.69, 9.17) is 10.7 Å². The Bertz CT molecular complexity index is 888. The summed E-state index contributed by atoms with van der Waals surface area (Å²) in [5.74, 6) is 0. The van der Waals surface area contributed by atoms with E-state index in [1.165, 1.54) is 22.5 Å². The number of aromatic nitrogens is 1. The van der Waals surface area contributed by atoms with Crippen LogP contribution in [0.2, 0.25) is 0 Å². The van der Waals surface area contributed by atoms with Crippen LogP contribution in [0.3, 0.4) is 0 Å². The minimum absolute atomic E-state index is 0.580.